The summed E-state index contributed by atoms with van der Waals surface area (Å²) in [5, 5.41) is 9.83. The number of fused-ring (bicyclic) bond motifs is 1. The summed E-state index contributed by atoms with van der Waals surface area (Å²) in [5.74, 6) is -1.19. The molecule has 0 saturated carbocycles. The van der Waals surface area contributed by atoms with Gasteiger partial charge in [-0.05, 0) is 36.6 Å². The molecule has 0 bridgehead atoms. The molecule has 1 fully saturated rings. The van der Waals surface area contributed by atoms with E-state index in [0.717, 1.165) is 18.4 Å². The molecular formula is C24H22F2N4O2. The van der Waals surface area contributed by atoms with E-state index in [1.54, 1.807) is 41.4 Å². The van der Waals surface area contributed by atoms with Gasteiger partial charge in [0.2, 0.25) is 0 Å². The van der Waals surface area contributed by atoms with Crippen LogP contribution < -0.4 is 5.32 Å². The Labute approximate surface area is 183 Å². The fourth-order valence-electron chi connectivity index (χ4n) is 4.16. The van der Waals surface area contributed by atoms with Crippen molar-refractivity contribution >= 4 is 16.8 Å². The molecule has 0 atom stereocenters. The number of rotatable bonds is 5. The van der Waals surface area contributed by atoms with Crippen molar-refractivity contribution < 1.29 is 18.3 Å². The molecular weight excluding hydrogens is 414 g/mol. The highest BCUT2D eigenvalue weighted by atomic mass is 19.1. The Bertz CT molecular complexity index is 1260. The molecule has 0 radical (unpaired) electrons. The lowest BCUT2D eigenvalue weighted by Gasteiger charge is -2.22. The largest absolute Gasteiger partial charge is 0.381 e. The average molecular weight is 436 g/mol. The molecule has 2 aromatic heterocycles. The molecule has 2 aromatic carbocycles. The van der Waals surface area contributed by atoms with E-state index in [1.165, 1.54) is 12.1 Å². The zero-order valence-electron chi connectivity index (χ0n) is 17.3. The Kier molecular flexibility index (Phi) is 5.45. The molecule has 0 aliphatic carbocycles. The van der Waals surface area contributed by atoms with Gasteiger partial charge in [-0.1, -0.05) is 18.2 Å². The third-order valence-electron chi connectivity index (χ3n) is 5.88. The lowest BCUT2D eigenvalue weighted by Crippen LogP contribution is -2.38. The van der Waals surface area contributed by atoms with Crippen LogP contribution in [0.4, 0.5) is 8.78 Å². The van der Waals surface area contributed by atoms with Crippen molar-refractivity contribution in [2.45, 2.75) is 25.4 Å². The van der Waals surface area contributed by atoms with Gasteiger partial charge < -0.3 is 14.6 Å². The number of amides is 1. The van der Waals surface area contributed by atoms with E-state index >= 15 is 0 Å². The smallest absolute Gasteiger partial charge is 0.253 e. The van der Waals surface area contributed by atoms with Crippen LogP contribution in [0.2, 0.25) is 0 Å². The zero-order valence-corrected chi connectivity index (χ0v) is 17.3. The van der Waals surface area contributed by atoms with Crippen LogP contribution in [0, 0.1) is 11.6 Å². The van der Waals surface area contributed by atoms with Gasteiger partial charge in [-0.25, -0.2) is 8.78 Å². The summed E-state index contributed by atoms with van der Waals surface area (Å²) in [6, 6.07) is 9.62. The zero-order chi connectivity index (χ0) is 22.1. The molecule has 1 saturated heterocycles. The fourth-order valence-corrected chi connectivity index (χ4v) is 4.16. The van der Waals surface area contributed by atoms with Gasteiger partial charge in [0, 0.05) is 48.2 Å². The predicted octanol–water partition coefficient (Wildman–Crippen LogP) is 4.27. The topological polar surface area (TPSA) is 71.9 Å². The minimum absolute atomic E-state index is 0.00525. The Morgan fingerprint density at radius 1 is 1.16 bits per heavy atom. The van der Waals surface area contributed by atoms with Crippen LogP contribution in [-0.4, -0.2) is 39.9 Å². The van der Waals surface area contributed by atoms with E-state index in [9.17, 15) is 13.6 Å². The first-order valence-corrected chi connectivity index (χ1v) is 10.5. The maximum absolute atomic E-state index is 14.9. The van der Waals surface area contributed by atoms with Gasteiger partial charge in [-0.15, -0.1) is 0 Å². The number of carbonyl (C=O) groups is 1. The molecule has 6 nitrogen and oxygen atoms in total. The summed E-state index contributed by atoms with van der Waals surface area (Å²) < 4.78 is 36.7. The summed E-state index contributed by atoms with van der Waals surface area (Å²) in [4.78, 5) is 13.0. The van der Waals surface area contributed by atoms with Crippen LogP contribution in [0.3, 0.4) is 0 Å². The van der Waals surface area contributed by atoms with E-state index < -0.39 is 5.82 Å². The summed E-state index contributed by atoms with van der Waals surface area (Å²) >= 11 is 0. The van der Waals surface area contributed by atoms with Crippen molar-refractivity contribution in [2.24, 2.45) is 0 Å². The molecule has 3 heterocycles. The maximum atomic E-state index is 14.9. The Balaban J connectivity index is 1.47. The van der Waals surface area contributed by atoms with Crippen LogP contribution in [0.1, 0.15) is 28.8 Å². The predicted molar refractivity (Wildman–Crippen MR) is 116 cm³/mol. The first kappa shape index (κ1) is 20.4. The van der Waals surface area contributed by atoms with E-state index in [1.807, 2.05) is 6.07 Å². The summed E-state index contributed by atoms with van der Waals surface area (Å²) in [6.07, 6.45) is 6.37. The second-order valence-corrected chi connectivity index (χ2v) is 7.96. The van der Waals surface area contributed by atoms with E-state index in [2.05, 4.69) is 15.5 Å². The molecule has 32 heavy (non-hydrogen) atoms. The molecule has 0 unspecified atom stereocenters. The number of hydrogen-bond donors (Lipinski definition) is 2. The van der Waals surface area contributed by atoms with Crippen LogP contribution in [0.25, 0.3) is 22.0 Å². The van der Waals surface area contributed by atoms with Crippen molar-refractivity contribution in [2.75, 3.05) is 13.2 Å². The first-order chi connectivity index (χ1) is 15.6. The van der Waals surface area contributed by atoms with Gasteiger partial charge >= 0.3 is 0 Å². The number of hydrogen-bond acceptors (Lipinski definition) is 3. The third-order valence-corrected chi connectivity index (χ3v) is 5.88. The lowest BCUT2D eigenvalue weighted by molar-refractivity contribution is 0.0697. The number of aromatic nitrogens is 3. The highest BCUT2D eigenvalue weighted by Gasteiger charge is 2.22. The van der Waals surface area contributed by atoms with Crippen molar-refractivity contribution in [3.05, 3.63) is 77.8 Å². The number of carbonyl (C=O) groups excluding carboxylic acids is 1. The second kappa shape index (κ2) is 8.55. The molecule has 1 aliphatic rings. The number of benzene rings is 2. The molecule has 2 N–H and O–H groups in total. The molecule has 1 aliphatic heterocycles. The standard InChI is InChI=1S/C24H22F2N4O2/c25-20-2-1-3-22-23(20)19(24(31)29-18-6-8-32-9-7-18)14-30(22)13-16-5-4-15(10-21(16)26)17-11-27-28-12-17/h1-5,10-12,14,18H,6-9,13H2,(H,27,28)(H,29,31). The number of nitrogens with one attached hydrogen (secondary N) is 2. The number of aromatic amines is 1. The number of H-pyrrole nitrogens is 1. The van der Waals surface area contributed by atoms with E-state index in [0.29, 0.717) is 29.9 Å². The lowest BCUT2D eigenvalue weighted by atomic mass is 10.1. The van der Waals surface area contributed by atoms with Crippen LogP contribution in [0.15, 0.2) is 55.0 Å². The Hall–Kier alpha value is -3.52. The maximum Gasteiger partial charge on any atom is 0.253 e. The van der Waals surface area contributed by atoms with Crippen LogP contribution in [0.5, 0.6) is 0 Å². The number of nitrogens with zero attached hydrogens (tertiary/aromatic N) is 2. The van der Waals surface area contributed by atoms with E-state index in [4.69, 9.17) is 4.74 Å². The van der Waals surface area contributed by atoms with E-state index in [-0.39, 0.29) is 35.3 Å². The third kappa shape index (κ3) is 3.89. The Morgan fingerprint density at radius 3 is 2.75 bits per heavy atom. The quantitative estimate of drug-likeness (QED) is 0.491. The average Bonchev–Trinajstić information content (AvgIpc) is 3.45. The molecule has 164 valence electrons. The van der Waals surface area contributed by atoms with Gasteiger partial charge in [-0.3, -0.25) is 9.89 Å². The highest BCUT2D eigenvalue weighted by molar-refractivity contribution is 6.07. The number of ether oxygens (including phenoxy) is 1. The normalized spacial score (nSPS) is 14.7. The molecule has 0 spiro atoms. The summed E-state index contributed by atoms with van der Waals surface area (Å²) in [6.45, 7) is 1.35. The SMILES string of the molecule is O=C(NC1CCOCC1)c1cn(Cc2ccc(-c3cn[nH]c3)cc2F)c2cccc(F)c12. The molecule has 5 rings (SSSR count). The Morgan fingerprint density at radius 2 is 2.00 bits per heavy atom. The molecule has 1 amide bonds. The van der Waals surface area contributed by atoms with Gasteiger partial charge in [0.15, 0.2) is 0 Å². The van der Waals surface area contributed by atoms with Crippen molar-refractivity contribution in [3.8, 4) is 11.1 Å². The monoisotopic (exact) mass is 436 g/mol. The summed E-state index contributed by atoms with van der Waals surface area (Å²) in [5.41, 5.74) is 2.73. The van der Waals surface area contributed by atoms with Crippen LogP contribution in [-0.2, 0) is 11.3 Å². The van der Waals surface area contributed by atoms with Crippen molar-refractivity contribution in [1.82, 2.24) is 20.1 Å². The van der Waals surface area contributed by atoms with Crippen molar-refractivity contribution in [3.63, 3.8) is 0 Å². The van der Waals surface area contributed by atoms with Crippen LogP contribution >= 0.6 is 0 Å². The van der Waals surface area contributed by atoms with Gasteiger partial charge in [0.1, 0.15) is 11.6 Å². The van der Waals surface area contributed by atoms with Gasteiger partial charge in [0.25, 0.3) is 5.91 Å². The first-order valence-electron chi connectivity index (χ1n) is 10.5. The minimum Gasteiger partial charge on any atom is -0.381 e. The highest BCUT2D eigenvalue weighted by Crippen LogP contribution is 2.27. The number of halogens is 2. The minimum atomic E-state index is -0.478. The van der Waals surface area contributed by atoms with Gasteiger partial charge in [-0.2, -0.15) is 5.10 Å². The second-order valence-electron chi connectivity index (χ2n) is 7.96. The summed E-state index contributed by atoms with van der Waals surface area (Å²) in [7, 11) is 0. The molecule has 8 heteroatoms. The fraction of sp³-hybridized carbons (Fsp3) is 0.250. The van der Waals surface area contributed by atoms with Gasteiger partial charge in [0.05, 0.1) is 23.8 Å². The van der Waals surface area contributed by atoms with Crippen molar-refractivity contribution in [1.29, 1.82) is 0 Å². The molecule has 4 aromatic rings.